The first-order valence-electron chi connectivity index (χ1n) is 15.9. The van der Waals surface area contributed by atoms with Crippen LogP contribution in [-0.4, -0.2) is 34.1 Å². The molecule has 3 atom stereocenters. The molecule has 236 valence electrons. The molecule has 0 amide bonds. The van der Waals surface area contributed by atoms with Gasteiger partial charge in [-0.2, -0.15) is 0 Å². The first-order chi connectivity index (χ1) is 20.1. The highest BCUT2D eigenvalue weighted by molar-refractivity contribution is 5.38. The lowest BCUT2D eigenvalue weighted by Gasteiger charge is -2.40. The molecule has 3 nitrogen and oxygen atoms in total. The zero-order valence-corrected chi connectivity index (χ0v) is 28.3. The maximum Gasteiger partial charge on any atom is 0.0728 e. The molecule has 2 aliphatic carbocycles. The average molecular weight is 587 g/mol. The molecule has 0 saturated heterocycles. The Morgan fingerprint density at radius 1 is 0.814 bits per heavy atom. The summed E-state index contributed by atoms with van der Waals surface area (Å²) in [6, 6.07) is 0. The second kappa shape index (κ2) is 16.9. The van der Waals surface area contributed by atoms with Crippen LogP contribution in [0.2, 0.25) is 0 Å². The summed E-state index contributed by atoms with van der Waals surface area (Å²) < 4.78 is 0. The Kier molecular flexibility index (Phi) is 14.4. The van der Waals surface area contributed by atoms with Gasteiger partial charge >= 0.3 is 0 Å². The minimum absolute atomic E-state index is 0.00258. The van der Waals surface area contributed by atoms with Crippen LogP contribution >= 0.6 is 0 Å². The van der Waals surface area contributed by atoms with Crippen LogP contribution in [0, 0.1) is 16.7 Å². The highest BCUT2D eigenvalue weighted by Crippen LogP contribution is 2.44. The van der Waals surface area contributed by atoms with Crippen molar-refractivity contribution in [2.45, 2.75) is 107 Å². The molecule has 3 unspecified atom stereocenters. The van der Waals surface area contributed by atoms with Gasteiger partial charge < -0.3 is 15.3 Å². The molecule has 3 heteroatoms. The van der Waals surface area contributed by atoms with Crippen molar-refractivity contribution in [1.29, 1.82) is 0 Å². The van der Waals surface area contributed by atoms with Crippen molar-refractivity contribution < 1.29 is 15.3 Å². The van der Waals surface area contributed by atoms with Crippen molar-refractivity contribution in [2.75, 3.05) is 6.61 Å². The van der Waals surface area contributed by atoms with Crippen LogP contribution in [0.15, 0.2) is 118 Å². The van der Waals surface area contributed by atoms with Crippen LogP contribution in [0.5, 0.6) is 0 Å². The van der Waals surface area contributed by atoms with E-state index >= 15 is 0 Å². The Morgan fingerprint density at radius 3 is 1.93 bits per heavy atom. The summed E-state index contributed by atoms with van der Waals surface area (Å²) >= 11 is 0. The quantitative estimate of drug-likeness (QED) is 0.158. The second-order valence-corrected chi connectivity index (χ2v) is 14.1. The fraction of sp³-hybridized carbons (Fsp3) is 0.500. The smallest absolute Gasteiger partial charge is 0.0728 e. The number of allylic oxidation sites excluding steroid dienone is 17. The van der Waals surface area contributed by atoms with Crippen molar-refractivity contribution in [3.63, 3.8) is 0 Å². The lowest BCUT2D eigenvalue weighted by atomic mass is 9.66. The predicted octanol–water partition coefficient (Wildman–Crippen LogP) is 9.60. The summed E-state index contributed by atoms with van der Waals surface area (Å²) in [5.74, 6) is 0.419. The van der Waals surface area contributed by atoms with Gasteiger partial charge in [0.15, 0.2) is 0 Å². The Morgan fingerprint density at radius 2 is 1.37 bits per heavy atom. The summed E-state index contributed by atoms with van der Waals surface area (Å²) in [6.07, 6.45) is 30.7. The molecule has 0 aromatic heterocycles. The van der Waals surface area contributed by atoms with Gasteiger partial charge in [-0.15, -0.1) is 0 Å². The van der Waals surface area contributed by atoms with E-state index < -0.39 is 0 Å². The molecule has 3 N–H and O–H groups in total. The van der Waals surface area contributed by atoms with Gasteiger partial charge in [0.1, 0.15) is 0 Å². The molecule has 0 heterocycles. The number of aliphatic hydroxyl groups excluding tert-OH is 3. The Hall–Kier alpha value is -2.72. The van der Waals surface area contributed by atoms with Gasteiger partial charge in [0.2, 0.25) is 0 Å². The summed E-state index contributed by atoms with van der Waals surface area (Å²) in [5.41, 5.74) is 8.47. The van der Waals surface area contributed by atoms with E-state index in [1.54, 1.807) is 0 Å². The lowest BCUT2D eigenvalue weighted by molar-refractivity contribution is 0.0979. The molecule has 0 fully saturated rings. The minimum Gasteiger partial charge on any atom is -0.393 e. The van der Waals surface area contributed by atoms with E-state index in [1.807, 2.05) is 24.3 Å². The van der Waals surface area contributed by atoms with Crippen molar-refractivity contribution in [2.24, 2.45) is 16.7 Å². The topological polar surface area (TPSA) is 60.7 Å². The van der Waals surface area contributed by atoms with Gasteiger partial charge in [0, 0.05) is 0 Å². The highest BCUT2D eigenvalue weighted by atomic mass is 16.3. The average Bonchev–Trinajstić information content (AvgIpc) is 2.87. The van der Waals surface area contributed by atoms with Crippen LogP contribution in [0.4, 0.5) is 0 Å². The largest absolute Gasteiger partial charge is 0.393 e. The van der Waals surface area contributed by atoms with Crippen molar-refractivity contribution in [1.82, 2.24) is 0 Å². The van der Waals surface area contributed by atoms with Gasteiger partial charge in [-0.1, -0.05) is 135 Å². The van der Waals surface area contributed by atoms with E-state index in [1.165, 1.54) is 27.9 Å². The van der Waals surface area contributed by atoms with E-state index in [4.69, 9.17) is 0 Å². The Labute approximate surface area is 262 Å². The Balaban J connectivity index is 1.89. The van der Waals surface area contributed by atoms with Crippen molar-refractivity contribution >= 4 is 0 Å². The number of rotatable bonds is 12. The van der Waals surface area contributed by atoms with Gasteiger partial charge in [-0.05, 0) is 94.6 Å². The molecule has 43 heavy (non-hydrogen) atoms. The third-order valence-electron chi connectivity index (χ3n) is 8.87. The molecule has 0 bridgehead atoms. The van der Waals surface area contributed by atoms with Crippen LogP contribution in [0.25, 0.3) is 0 Å². The van der Waals surface area contributed by atoms with Crippen LogP contribution in [0.3, 0.4) is 0 Å². The fourth-order valence-electron chi connectivity index (χ4n) is 6.60. The highest BCUT2D eigenvalue weighted by Gasteiger charge is 2.35. The zero-order chi connectivity index (χ0) is 32.2. The fourth-order valence-corrected chi connectivity index (χ4v) is 6.60. The maximum absolute atomic E-state index is 10.1. The van der Waals surface area contributed by atoms with E-state index in [0.29, 0.717) is 5.92 Å². The normalized spacial score (nSPS) is 26.0. The number of hydrogen-bond donors (Lipinski definition) is 3. The lowest BCUT2D eigenvalue weighted by Crippen LogP contribution is -2.33. The number of hydrogen-bond acceptors (Lipinski definition) is 3. The third kappa shape index (κ3) is 12.4. The summed E-state index contributed by atoms with van der Waals surface area (Å²) in [7, 11) is 0. The summed E-state index contributed by atoms with van der Waals surface area (Å²) in [4.78, 5) is 0. The second-order valence-electron chi connectivity index (χ2n) is 14.1. The number of aliphatic hydroxyl groups is 3. The molecular formula is C40H58O3. The molecule has 2 aliphatic rings. The molecule has 0 saturated carbocycles. The van der Waals surface area contributed by atoms with E-state index in [9.17, 15) is 15.3 Å². The molecule has 0 radical (unpaired) electrons. The molecule has 0 aromatic rings. The van der Waals surface area contributed by atoms with Crippen LogP contribution < -0.4 is 0 Å². The third-order valence-corrected chi connectivity index (χ3v) is 8.87. The Bertz CT molecular complexity index is 1250. The van der Waals surface area contributed by atoms with Crippen LogP contribution in [-0.2, 0) is 0 Å². The van der Waals surface area contributed by atoms with Gasteiger partial charge in [-0.25, -0.2) is 0 Å². The summed E-state index contributed by atoms with van der Waals surface area (Å²) in [6.45, 7) is 19.5. The monoisotopic (exact) mass is 586 g/mol. The molecule has 0 spiro atoms. The molecule has 0 aliphatic heterocycles. The van der Waals surface area contributed by atoms with Crippen LogP contribution in [0.1, 0.15) is 94.4 Å². The summed E-state index contributed by atoms with van der Waals surface area (Å²) in [5, 5.41) is 30.1. The molecule has 2 rings (SSSR count). The van der Waals surface area contributed by atoms with E-state index in [-0.39, 0.29) is 29.6 Å². The zero-order valence-electron chi connectivity index (χ0n) is 28.3. The maximum atomic E-state index is 10.1. The van der Waals surface area contributed by atoms with E-state index in [2.05, 4.69) is 117 Å². The van der Waals surface area contributed by atoms with E-state index in [0.717, 1.165) is 43.3 Å². The predicted molar refractivity (Wildman–Crippen MR) is 186 cm³/mol. The standard InChI is InChI=1S/C40H58O3/c1-29(16-12-17-31(3)20-22-37-32(4)24-35(42)26-39(37,6)7)14-10-11-15-30(2)18-13-19-34(28-41)21-23-38-33(5)25-36(43)27-40(38,8)9/h10-20,22,25,35-36,38,41-43H,21,23-24,26-28H2,1-9H3. The first-order valence-corrected chi connectivity index (χ1v) is 15.9. The van der Waals surface area contributed by atoms with Gasteiger partial charge in [0.25, 0.3) is 0 Å². The SMILES string of the molecule is CC(C=CC=C(C)C=CC1=C(C)CC(O)CC1(C)C)=CC=CC=C(C)C=CC=C(CO)CCC1C(C)=CC(O)CC1(C)C. The van der Waals surface area contributed by atoms with Gasteiger partial charge in [-0.3, -0.25) is 0 Å². The van der Waals surface area contributed by atoms with Gasteiger partial charge in [0.05, 0.1) is 18.8 Å². The van der Waals surface area contributed by atoms with Crippen molar-refractivity contribution in [3.8, 4) is 0 Å². The minimum atomic E-state index is -0.347. The van der Waals surface area contributed by atoms with Crippen molar-refractivity contribution in [3.05, 3.63) is 118 Å². The molecule has 0 aromatic carbocycles. The molecular weight excluding hydrogens is 528 g/mol. The first kappa shape index (κ1) is 36.5.